The summed E-state index contributed by atoms with van der Waals surface area (Å²) < 4.78 is 0. The molecule has 0 atom stereocenters. The van der Waals surface area contributed by atoms with Crippen LogP contribution in [-0.4, -0.2) is 53.6 Å². The largest absolute Gasteiger partial charge is 0.393 e. The monoisotopic (exact) mass is 276 g/mol. The van der Waals surface area contributed by atoms with Gasteiger partial charge in [-0.2, -0.15) is 0 Å². The van der Waals surface area contributed by atoms with Gasteiger partial charge < -0.3 is 10.0 Å². The standard InChI is InChI=1S/C16H24N2O2/c1-13-5-3-4-6-14(13)11-17(2)16(20)12-18-9-7-15(19)8-10-18/h3-6,15,19H,7-12H2,1-2H3. The molecule has 1 saturated heterocycles. The van der Waals surface area contributed by atoms with Crippen molar-refractivity contribution >= 4 is 5.91 Å². The van der Waals surface area contributed by atoms with Crippen LogP contribution in [-0.2, 0) is 11.3 Å². The molecule has 0 unspecified atom stereocenters. The number of likely N-dealkylation sites (N-methyl/N-ethyl adjacent to an activating group) is 1. The van der Waals surface area contributed by atoms with Gasteiger partial charge in [0, 0.05) is 26.7 Å². The van der Waals surface area contributed by atoms with Crippen LogP contribution in [0.4, 0.5) is 0 Å². The number of hydrogen-bond acceptors (Lipinski definition) is 3. The fourth-order valence-electron chi connectivity index (χ4n) is 2.52. The third-order valence-corrected chi connectivity index (χ3v) is 4.01. The van der Waals surface area contributed by atoms with E-state index in [1.807, 2.05) is 19.2 Å². The number of aryl methyl sites for hydroxylation is 1. The molecule has 0 saturated carbocycles. The molecule has 1 aliphatic heterocycles. The van der Waals surface area contributed by atoms with E-state index in [0.717, 1.165) is 25.9 Å². The van der Waals surface area contributed by atoms with Crippen molar-refractivity contribution in [1.82, 2.24) is 9.80 Å². The second-order valence-corrected chi connectivity index (χ2v) is 5.68. The van der Waals surface area contributed by atoms with Crippen LogP contribution < -0.4 is 0 Å². The predicted molar refractivity (Wildman–Crippen MR) is 79.3 cm³/mol. The third kappa shape index (κ3) is 4.05. The molecule has 1 aromatic rings. The Bertz CT molecular complexity index is 454. The molecule has 0 bridgehead atoms. The van der Waals surface area contributed by atoms with Gasteiger partial charge >= 0.3 is 0 Å². The SMILES string of the molecule is Cc1ccccc1CN(C)C(=O)CN1CCC(O)CC1. The molecule has 110 valence electrons. The first-order valence-corrected chi connectivity index (χ1v) is 7.25. The molecule has 0 radical (unpaired) electrons. The molecule has 4 heteroatoms. The van der Waals surface area contributed by atoms with Crippen molar-refractivity contribution in [3.8, 4) is 0 Å². The minimum Gasteiger partial charge on any atom is -0.393 e. The Balaban J connectivity index is 1.84. The highest BCUT2D eigenvalue weighted by atomic mass is 16.3. The number of carbonyl (C=O) groups excluding carboxylic acids is 1. The Morgan fingerprint density at radius 1 is 1.35 bits per heavy atom. The van der Waals surface area contributed by atoms with E-state index in [4.69, 9.17) is 0 Å². The summed E-state index contributed by atoms with van der Waals surface area (Å²) in [5.41, 5.74) is 2.41. The Hall–Kier alpha value is -1.39. The maximum Gasteiger partial charge on any atom is 0.236 e. The van der Waals surface area contributed by atoms with E-state index in [1.54, 1.807) is 4.90 Å². The number of rotatable bonds is 4. The van der Waals surface area contributed by atoms with Crippen LogP contribution in [0.2, 0.25) is 0 Å². The van der Waals surface area contributed by atoms with Crippen LogP contribution in [0.15, 0.2) is 24.3 Å². The minimum absolute atomic E-state index is 0.143. The molecule has 1 heterocycles. The Morgan fingerprint density at radius 3 is 2.65 bits per heavy atom. The summed E-state index contributed by atoms with van der Waals surface area (Å²) in [5, 5.41) is 9.47. The quantitative estimate of drug-likeness (QED) is 0.904. The summed E-state index contributed by atoms with van der Waals surface area (Å²) in [7, 11) is 1.85. The molecule has 1 amide bonds. The van der Waals surface area contributed by atoms with Crippen LogP contribution in [0, 0.1) is 6.92 Å². The zero-order chi connectivity index (χ0) is 14.5. The van der Waals surface area contributed by atoms with Crippen LogP contribution in [0.1, 0.15) is 24.0 Å². The molecule has 0 spiro atoms. The number of amides is 1. The number of hydrogen-bond donors (Lipinski definition) is 1. The normalized spacial score (nSPS) is 17.1. The van der Waals surface area contributed by atoms with Crippen molar-refractivity contribution in [1.29, 1.82) is 0 Å². The molecular formula is C16H24N2O2. The number of aliphatic hydroxyl groups excluding tert-OH is 1. The van der Waals surface area contributed by atoms with Crippen LogP contribution in [0.5, 0.6) is 0 Å². The number of aliphatic hydroxyl groups is 1. The molecule has 4 nitrogen and oxygen atoms in total. The number of carbonyl (C=O) groups is 1. The zero-order valence-electron chi connectivity index (χ0n) is 12.4. The van der Waals surface area contributed by atoms with E-state index < -0.39 is 0 Å². The summed E-state index contributed by atoms with van der Waals surface area (Å²) in [5.74, 6) is 0.143. The summed E-state index contributed by atoms with van der Waals surface area (Å²) >= 11 is 0. The van der Waals surface area contributed by atoms with Gasteiger partial charge in [-0.1, -0.05) is 24.3 Å². The van der Waals surface area contributed by atoms with Gasteiger partial charge in [-0.15, -0.1) is 0 Å². The second kappa shape index (κ2) is 6.86. The molecule has 1 aliphatic rings. The topological polar surface area (TPSA) is 43.8 Å². The van der Waals surface area contributed by atoms with Gasteiger partial charge in [0.2, 0.25) is 5.91 Å². The van der Waals surface area contributed by atoms with Crippen molar-refractivity contribution in [2.24, 2.45) is 0 Å². The van der Waals surface area contributed by atoms with Gasteiger partial charge in [-0.3, -0.25) is 9.69 Å². The first-order valence-electron chi connectivity index (χ1n) is 7.25. The molecule has 0 aliphatic carbocycles. The Labute approximate surface area is 121 Å². The fourth-order valence-corrected chi connectivity index (χ4v) is 2.52. The fraction of sp³-hybridized carbons (Fsp3) is 0.562. The van der Waals surface area contributed by atoms with Crippen molar-refractivity contribution in [3.05, 3.63) is 35.4 Å². The molecule has 1 N–H and O–H groups in total. The van der Waals surface area contributed by atoms with Gasteiger partial charge in [0.25, 0.3) is 0 Å². The summed E-state index contributed by atoms with van der Waals surface area (Å²) in [6.45, 7) is 4.80. The third-order valence-electron chi connectivity index (χ3n) is 4.01. The summed E-state index contributed by atoms with van der Waals surface area (Å²) in [4.78, 5) is 16.1. The molecule has 2 rings (SSSR count). The van der Waals surface area contributed by atoms with Gasteiger partial charge in [0.15, 0.2) is 0 Å². The molecule has 1 fully saturated rings. The summed E-state index contributed by atoms with van der Waals surface area (Å²) in [6.07, 6.45) is 1.36. The Kier molecular flexibility index (Phi) is 5.15. The molecule has 0 aromatic heterocycles. The van der Waals surface area contributed by atoms with Crippen LogP contribution in [0.3, 0.4) is 0 Å². The lowest BCUT2D eigenvalue weighted by molar-refractivity contribution is -0.132. The number of benzene rings is 1. The van der Waals surface area contributed by atoms with E-state index in [1.165, 1.54) is 11.1 Å². The van der Waals surface area contributed by atoms with Gasteiger partial charge in [-0.25, -0.2) is 0 Å². The average Bonchev–Trinajstić information content (AvgIpc) is 2.44. The minimum atomic E-state index is -0.189. The highest BCUT2D eigenvalue weighted by Gasteiger charge is 2.20. The van der Waals surface area contributed by atoms with Crippen LogP contribution in [0.25, 0.3) is 0 Å². The highest BCUT2D eigenvalue weighted by Crippen LogP contribution is 2.12. The van der Waals surface area contributed by atoms with E-state index in [0.29, 0.717) is 13.1 Å². The van der Waals surface area contributed by atoms with Crippen molar-refractivity contribution in [2.45, 2.75) is 32.4 Å². The number of piperidine rings is 1. The first kappa shape index (κ1) is 15.0. The number of likely N-dealkylation sites (tertiary alicyclic amines) is 1. The molecule has 20 heavy (non-hydrogen) atoms. The summed E-state index contributed by atoms with van der Waals surface area (Å²) in [6, 6.07) is 8.16. The molecular weight excluding hydrogens is 252 g/mol. The Morgan fingerprint density at radius 2 is 2.00 bits per heavy atom. The maximum absolute atomic E-state index is 12.2. The molecule has 1 aromatic carbocycles. The van der Waals surface area contributed by atoms with Gasteiger partial charge in [-0.05, 0) is 30.9 Å². The highest BCUT2D eigenvalue weighted by molar-refractivity contribution is 5.78. The van der Waals surface area contributed by atoms with Crippen molar-refractivity contribution in [2.75, 3.05) is 26.7 Å². The predicted octanol–water partition coefficient (Wildman–Crippen LogP) is 1.41. The van der Waals surface area contributed by atoms with E-state index in [9.17, 15) is 9.90 Å². The second-order valence-electron chi connectivity index (χ2n) is 5.68. The zero-order valence-corrected chi connectivity index (χ0v) is 12.4. The lowest BCUT2D eigenvalue weighted by atomic mass is 10.1. The van der Waals surface area contributed by atoms with Gasteiger partial charge in [0.1, 0.15) is 0 Å². The van der Waals surface area contributed by atoms with Crippen molar-refractivity contribution < 1.29 is 9.90 Å². The smallest absolute Gasteiger partial charge is 0.236 e. The van der Waals surface area contributed by atoms with Crippen molar-refractivity contribution in [3.63, 3.8) is 0 Å². The van der Waals surface area contributed by atoms with Gasteiger partial charge in [0.05, 0.1) is 12.6 Å². The lowest BCUT2D eigenvalue weighted by Crippen LogP contribution is -2.43. The maximum atomic E-state index is 12.2. The lowest BCUT2D eigenvalue weighted by Gasteiger charge is -2.30. The van der Waals surface area contributed by atoms with Crippen LogP contribution >= 0.6 is 0 Å². The van der Waals surface area contributed by atoms with E-state index >= 15 is 0 Å². The first-order chi connectivity index (χ1) is 9.56. The average molecular weight is 276 g/mol. The van der Waals surface area contributed by atoms with E-state index in [-0.39, 0.29) is 12.0 Å². The van der Waals surface area contributed by atoms with E-state index in [2.05, 4.69) is 24.0 Å². The number of nitrogens with zero attached hydrogens (tertiary/aromatic N) is 2.